The molecule has 0 bridgehead atoms. The molecule has 0 atom stereocenters. The Morgan fingerprint density at radius 3 is 2.81 bits per heavy atom. The summed E-state index contributed by atoms with van der Waals surface area (Å²) in [5.74, 6) is 0.882. The molecule has 0 saturated carbocycles. The third kappa shape index (κ3) is 4.47. The molecule has 2 N–H and O–H groups in total. The van der Waals surface area contributed by atoms with E-state index in [1.54, 1.807) is 7.11 Å². The summed E-state index contributed by atoms with van der Waals surface area (Å²) < 4.78 is 10.5. The number of benzene rings is 1. The Labute approximate surface area is 96.9 Å². The van der Waals surface area contributed by atoms with E-state index in [1.165, 1.54) is 0 Å². The predicted molar refractivity (Wildman–Crippen MR) is 66.5 cm³/mol. The van der Waals surface area contributed by atoms with Crippen molar-refractivity contribution in [2.24, 2.45) is 5.73 Å². The second-order valence-corrected chi connectivity index (χ2v) is 3.36. The number of methoxy groups -OCH3 is 1. The Balaban J connectivity index is 2.60. The van der Waals surface area contributed by atoms with Crippen LogP contribution >= 0.6 is 0 Å². The first-order valence-corrected chi connectivity index (χ1v) is 5.46. The molecule has 1 rings (SSSR count). The van der Waals surface area contributed by atoms with Gasteiger partial charge in [-0.15, -0.1) is 0 Å². The summed E-state index contributed by atoms with van der Waals surface area (Å²) in [5.41, 5.74) is 6.51. The van der Waals surface area contributed by atoms with E-state index < -0.39 is 0 Å². The quantitative estimate of drug-likeness (QED) is 0.717. The highest BCUT2D eigenvalue weighted by molar-refractivity contribution is 5.57. The topological polar surface area (TPSA) is 44.5 Å². The molecule has 0 radical (unpaired) electrons. The van der Waals surface area contributed by atoms with Gasteiger partial charge < -0.3 is 15.2 Å². The molecule has 1 aromatic carbocycles. The maximum Gasteiger partial charge on any atom is 0.126 e. The Morgan fingerprint density at radius 1 is 1.25 bits per heavy atom. The fourth-order valence-electron chi connectivity index (χ4n) is 1.29. The lowest BCUT2D eigenvalue weighted by atomic mass is 10.2. The van der Waals surface area contributed by atoms with Gasteiger partial charge in [-0.1, -0.05) is 30.4 Å². The summed E-state index contributed by atoms with van der Waals surface area (Å²) in [6.07, 6.45) is 4.97. The zero-order valence-electron chi connectivity index (χ0n) is 9.69. The highest BCUT2D eigenvalue weighted by atomic mass is 16.5. The van der Waals surface area contributed by atoms with Crippen molar-refractivity contribution in [2.45, 2.75) is 6.42 Å². The lowest BCUT2D eigenvalue weighted by molar-refractivity contribution is 0.146. The van der Waals surface area contributed by atoms with Crippen LogP contribution in [0.5, 0.6) is 5.75 Å². The molecular weight excluding hydrogens is 202 g/mol. The lowest BCUT2D eigenvalue weighted by Gasteiger charge is -2.08. The number of rotatable bonds is 7. The zero-order chi connectivity index (χ0) is 11.6. The van der Waals surface area contributed by atoms with Crippen LogP contribution in [0.15, 0.2) is 30.3 Å². The van der Waals surface area contributed by atoms with E-state index in [1.807, 2.05) is 30.3 Å². The molecular formula is C13H19NO2. The van der Waals surface area contributed by atoms with E-state index in [0.717, 1.165) is 17.7 Å². The van der Waals surface area contributed by atoms with Gasteiger partial charge in [-0.2, -0.15) is 0 Å². The highest BCUT2D eigenvalue weighted by Gasteiger charge is 1.98. The average Bonchev–Trinajstić information content (AvgIpc) is 2.32. The average molecular weight is 221 g/mol. The van der Waals surface area contributed by atoms with Crippen molar-refractivity contribution >= 4 is 6.08 Å². The summed E-state index contributed by atoms with van der Waals surface area (Å²) >= 11 is 0. The molecule has 0 heterocycles. The smallest absolute Gasteiger partial charge is 0.126 e. The van der Waals surface area contributed by atoms with Crippen LogP contribution in [0.4, 0.5) is 0 Å². The van der Waals surface area contributed by atoms with Gasteiger partial charge in [0.15, 0.2) is 0 Å². The van der Waals surface area contributed by atoms with Crippen molar-refractivity contribution in [1.82, 2.24) is 0 Å². The Hall–Kier alpha value is -1.32. The van der Waals surface area contributed by atoms with Crippen LogP contribution in [-0.2, 0) is 4.74 Å². The van der Waals surface area contributed by atoms with Crippen molar-refractivity contribution in [2.75, 3.05) is 26.9 Å². The molecule has 0 spiro atoms. The number of nitrogens with two attached hydrogens (primary N) is 1. The maximum atomic E-state index is 5.60. The normalized spacial score (nSPS) is 10.9. The SMILES string of the molecule is COCCOc1ccccc1/C=C/CCN. The van der Waals surface area contributed by atoms with E-state index in [0.29, 0.717) is 19.8 Å². The Kier molecular flexibility index (Phi) is 6.30. The molecule has 0 aromatic heterocycles. The van der Waals surface area contributed by atoms with E-state index in [2.05, 4.69) is 6.08 Å². The zero-order valence-corrected chi connectivity index (χ0v) is 9.69. The first kappa shape index (κ1) is 12.7. The summed E-state index contributed by atoms with van der Waals surface area (Å²) in [6, 6.07) is 7.93. The fraction of sp³-hybridized carbons (Fsp3) is 0.385. The molecule has 0 aliphatic carbocycles. The van der Waals surface area contributed by atoms with Gasteiger partial charge in [-0.3, -0.25) is 0 Å². The van der Waals surface area contributed by atoms with Gasteiger partial charge in [0.05, 0.1) is 6.61 Å². The van der Waals surface area contributed by atoms with E-state index in [9.17, 15) is 0 Å². The minimum Gasteiger partial charge on any atom is -0.491 e. The third-order valence-electron chi connectivity index (χ3n) is 2.09. The molecule has 0 fully saturated rings. The minimum absolute atomic E-state index is 0.568. The van der Waals surface area contributed by atoms with Crippen LogP contribution in [-0.4, -0.2) is 26.9 Å². The van der Waals surface area contributed by atoms with Crippen LogP contribution in [0.2, 0.25) is 0 Å². The molecule has 3 heteroatoms. The van der Waals surface area contributed by atoms with Crippen LogP contribution < -0.4 is 10.5 Å². The third-order valence-corrected chi connectivity index (χ3v) is 2.09. The summed E-state index contributed by atoms with van der Waals surface area (Å²) in [4.78, 5) is 0. The molecule has 1 aromatic rings. The second-order valence-electron chi connectivity index (χ2n) is 3.36. The lowest BCUT2D eigenvalue weighted by Crippen LogP contribution is -2.04. The van der Waals surface area contributed by atoms with Crippen molar-refractivity contribution in [3.8, 4) is 5.75 Å². The number of hydrogen-bond donors (Lipinski definition) is 1. The van der Waals surface area contributed by atoms with E-state index in [-0.39, 0.29) is 0 Å². The van der Waals surface area contributed by atoms with Crippen molar-refractivity contribution < 1.29 is 9.47 Å². The fourth-order valence-corrected chi connectivity index (χ4v) is 1.29. The highest BCUT2D eigenvalue weighted by Crippen LogP contribution is 2.19. The van der Waals surface area contributed by atoms with Crippen molar-refractivity contribution in [3.05, 3.63) is 35.9 Å². The molecule has 3 nitrogen and oxygen atoms in total. The number of ether oxygens (including phenoxy) is 2. The monoisotopic (exact) mass is 221 g/mol. The first-order chi connectivity index (χ1) is 7.88. The van der Waals surface area contributed by atoms with Crippen LogP contribution in [0.3, 0.4) is 0 Å². The van der Waals surface area contributed by atoms with E-state index >= 15 is 0 Å². The maximum absolute atomic E-state index is 5.60. The van der Waals surface area contributed by atoms with Crippen LogP contribution in [0, 0.1) is 0 Å². The molecule has 0 saturated heterocycles. The van der Waals surface area contributed by atoms with Gasteiger partial charge >= 0.3 is 0 Å². The molecule has 0 amide bonds. The molecule has 88 valence electrons. The van der Waals surface area contributed by atoms with Gasteiger partial charge in [-0.25, -0.2) is 0 Å². The second kappa shape index (κ2) is 7.91. The number of para-hydroxylation sites is 1. The van der Waals surface area contributed by atoms with Gasteiger partial charge in [0, 0.05) is 12.7 Å². The minimum atomic E-state index is 0.568. The predicted octanol–water partition coefficient (Wildman–Crippen LogP) is 2.07. The van der Waals surface area contributed by atoms with Crippen molar-refractivity contribution in [3.63, 3.8) is 0 Å². The number of hydrogen-bond acceptors (Lipinski definition) is 3. The summed E-state index contributed by atoms with van der Waals surface area (Å²) in [6.45, 7) is 1.84. The van der Waals surface area contributed by atoms with Gasteiger partial charge in [-0.05, 0) is 19.0 Å². The van der Waals surface area contributed by atoms with Gasteiger partial charge in [0.2, 0.25) is 0 Å². The van der Waals surface area contributed by atoms with Gasteiger partial charge in [0.25, 0.3) is 0 Å². The van der Waals surface area contributed by atoms with E-state index in [4.69, 9.17) is 15.2 Å². The Bertz CT molecular complexity index is 323. The first-order valence-electron chi connectivity index (χ1n) is 5.46. The van der Waals surface area contributed by atoms with Gasteiger partial charge in [0.1, 0.15) is 12.4 Å². The standard InChI is InChI=1S/C13H19NO2/c1-15-10-11-16-13-8-3-2-6-12(13)7-4-5-9-14/h2-4,6-8H,5,9-11,14H2,1H3/b7-4+. The largest absolute Gasteiger partial charge is 0.491 e. The molecule has 0 unspecified atom stereocenters. The molecule has 0 aliphatic rings. The van der Waals surface area contributed by atoms with Crippen molar-refractivity contribution in [1.29, 1.82) is 0 Å². The Morgan fingerprint density at radius 2 is 2.06 bits per heavy atom. The molecule has 16 heavy (non-hydrogen) atoms. The summed E-state index contributed by atoms with van der Waals surface area (Å²) in [7, 11) is 1.66. The van der Waals surface area contributed by atoms with Crippen LogP contribution in [0.1, 0.15) is 12.0 Å². The summed E-state index contributed by atoms with van der Waals surface area (Å²) in [5, 5.41) is 0. The molecule has 0 aliphatic heterocycles. The van der Waals surface area contributed by atoms with Crippen LogP contribution in [0.25, 0.3) is 6.08 Å².